The van der Waals surface area contributed by atoms with Crippen LogP contribution in [0.3, 0.4) is 0 Å². The molecular weight excluding hydrogens is 763 g/mol. The Morgan fingerprint density at radius 3 is 1.32 bits per heavy atom. The fraction of sp³-hybridized carbons (Fsp3) is 0. The number of fused-ring (bicyclic) bond motifs is 6. The van der Waals surface area contributed by atoms with Crippen molar-refractivity contribution in [3.63, 3.8) is 0 Å². The van der Waals surface area contributed by atoms with Crippen molar-refractivity contribution in [3.8, 4) is 44.8 Å². The molecule has 2 heterocycles. The summed E-state index contributed by atoms with van der Waals surface area (Å²) in [5, 5.41) is 4.96. The molecule has 0 bridgehead atoms. The van der Waals surface area contributed by atoms with Gasteiger partial charge in [0.2, 0.25) is 0 Å². The number of para-hydroxylation sites is 3. The van der Waals surface area contributed by atoms with Gasteiger partial charge in [0, 0.05) is 50.0 Å². The zero-order valence-corrected chi connectivity index (χ0v) is 34.5. The Hall–Kier alpha value is -8.40. The molecule has 0 aliphatic carbocycles. The second-order valence-corrected chi connectivity index (χ2v) is 16.1. The Bertz CT molecular complexity index is 3570. The third kappa shape index (κ3) is 6.29. The predicted molar refractivity (Wildman–Crippen MR) is 266 cm³/mol. The van der Waals surface area contributed by atoms with Crippen molar-refractivity contribution in [2.45, 2.75) is 0 Å². The van der Waals surface area contributed by atoms with Crippen molar-refractivity contribution in [2.24, 2.45) is 0 Å². The van der Waals surface area contributed by atoms with E-state index in [0.29, 0.717) is 0 Å². The van der Waals surface area contributed by atoms with E-state index in [2.05, 4.69) is 263 Å². The standard InChI is InChI=1S/C60H41N3/c1-4-15-42(16-5-1)44-27-33-48(34-28-44)61(49-37-31-46(32-38-49)52-23-14-26-58-60(52)55-22-11-13-25-57(55)62(58)47-19-8-3-9-20-47)51-39-40-54-53-21-10-12-24-56(53)63(59(54)41-51)50-35-29-45(30-36-50)43-17-6-2-7-18-43/h1-41H. The second-order valence-electron chi connectivity index (χ2n) is 16.1. The topological polar surface area (TPSA) is 13.1 Å². The SMILES string of the molecule is c1ccc(-c2ccc(N(c3ccc(-c4cccc5c4c4ccccc4n5-c4ccccc4)cc3)c3ccc4c5ccccc5n(-c5ccc(-c6ccccc6)cc5)c4c3)cc2)cc1. The number of aromatic nitrogens is 2. The quantitative estimate of drug-likeness (QED) is 0.149. The van der Waals surface area contributed by atoms with Crippen molar-refractivity contribution in [1.29, 1.82) is 0 Å². The zero-order valence-electron chi connectivity index (χ0n) is 34.5. The van der Waals surface area contributed by atoms with E-state index < -0.39 is 0 Å². The van der Waals surface area contributed by atoms with Crippen LogP contribution in [-0.2, 0) is 0 Å². The van der Waals surface area contributed by atoms with Crippen molar-refractivity contribution in [2.75, 3.05) is 4.90 Å². The Labute approximate surface area is 366 Å². The van der Waals surface area contributed by atoms with E-state index >= 15 is 0 Å². The van der Waals surface area contributed by atoms with Crippen molar-refractivity contribution >= 4 is 60.7 Å². The van der Waals surface area contributed by atoms with Crippen LogP contribution < -0.4 is 4.90 Å². The summed E-state index contributed by atoms with van der Waals surface area (Å²) < 4.78 is 4.80. The summed E-state index contributed by atoms with van der Waals surface area (Å²) in [5.74, 6) is 0. The normalized spacial score (nSPS) is 11.5. The lowest BCUT2D eigenvalue weighted by Crippen LogP contribution is -2.10. The average molecular weight is 804 g/mol. The summed E-state index contributed by atoms with van der Waals surface area (Å²) in [4.78, 5) is 2.39. The lowest BCUT2D eigenvalue weighted by atomic mass is 9.99. The molecule has 0 aliphatic heterocycles. The van der Waals surface area contributed by atoms with Gasteiger partial charge in [-0.15, -0.1) is 0 Å². The van der Waals surface area contributed by atoms with E-state index in [9.17, 15) is 0 Å². The van der Waals surface area contributed by atoms with E-state index in [-0.39, 0.29) is 0 Å². The molecule has 0 saturated heterocycles. The maximum absolute atomic E-state index is 2.41. The highest BCUT2D eigenvalue weighted by atomic mass is 15.1. The first kappa shape index (κ1) is 36.5. The molecule has 2 aromatic heterocycles. The molecule has 0 saturated carbocycles. The molecule has 0 radical (unpaired) electrons. The van der Waals surface area contributed by atoms with Crippen LogP contribution in [0.2, 0.25) is 0 Å². The molecule has 0 fully saturated rings. The molecule has 296 valence electrons. The van der Waals surface area contributed by atoms with Crippen LogP contribution in [-0.4, -0.2) is 9.13 Å². The van der Waals surface area contributed by atoms with Crippen LogP contribution in [0.5, 0.6) is 0 Å². The smallest absolute Gasteiger partial charge is 0.0561 e. The van der Waals surface area contributed by atoms with E-state index in [1.54, 1.807) is 0 Å². The highest BCUT2D eigenvalue weighted by Gasteiger charge is 2.20. The van der Waals surface area contributed by atoms with E-state index in [0.717, 1.165) is 34.0 Å². The maximum Gasteiger partial charge on any atom is 0.0561 e. The Morgan fingerprint density at radius 2 is 0.683 bits per heavy atom. The van der Waals surface area contributed by atoms with Gasteiger partial charge in [0.05, 0.1) is 22.1 Å². The molecule has 12 rings (SSSR count). The fourth-order valence-electron chi connectivity index (χ4n) is 9.60. The molecule has 10 aromatic carbocycles. The first-order valence-electron chi connectivity index (χ1n) is 21.6. The Morgan fingerprint density at radius 1 is 0.254 bits per heavy atom. The molecule has 0 aliphatic rings. The number of nitrogens with zero attached hydrogens (tertiary/aromatic N) is 3. The zero-order chi connectivity index (χ0) is 41.7. The maximum atomic E-state index is 2.41. The van der Waals surface area contributed by atoms with Crippen molar-refractivity contribution < 1.29 is 0 Å². The first-order chi connectivity index (χ1) is 31.3. The van der Waals surface area contributed by atoms with Crippen LogP contribution >= 0.6 is 0 Å². The van der Waals surface area contributed by atoms with Crippen LogP contribution in [0, 0.1) is 0 Å². The van der Waals surface area contributed by atoms with Gasteiger partial charge in [-0.1, -0.05) is 170 Å². The predicted octanol–water partition coefficient (Wildman–Crippen LogP) is 16.4. The van der Waals surface area contributed by atoms with Crippen molar-refractivity contribution in [1.82, 2.24) is 9.13 Å². The lowest BCUT2D eigenvalue weighted by Gasteiger charge is -2.26. The highest BCUT2D eigenvalue weighted by Crippen LogP contribution is 2.43. The van der Waals surface area contributed by atoms with Gasteiger partial charge in [-0.05, 0) is 112 Å². The van der Waals surface area contributed by atoms with Gasteiger partial charge in [0.25, 0.3) is 0 Å². The monoisotopic (exact) mass is 803 g/mol. The number of hydrogen-bond donors (Lipinski definition) is 0. The third-order valence-electron chi connectivity index (χ3n) is 12.5. The summed E-state index contributed by atoms with van der Waals surface area (Å²) in [6.07, 6.45) is 0. The summed E-state index contributed by atoms with van der Waals surface area (Å²) in [6, 6.07) is 90.1. The number of hydrogen-bond acceptors (Lipinski definition) is 1. The summed E-state index contributed by atoms with van der Waals surface area (Å²) in [5.41, 5.74) is 17.5. The van der Waals surface area contributed by atoms with Gasteiger partial charge in [-0.3, -0.25) is 0 Å². The molecule has 3 nitrogen and oxygen atoms in total. The largest absolute Gasteiger partial charge is 0.310 e. The molecular formula is C60H41N3. The number of rotatable bonds is 8. The van der Waals surface area contributed by atoms with Gasteiger partial charge < -0.3 is 14.0 Å². The minimum absolute atomic E-state index is 1.08. The summed E-state index contributed by atoms with van der Waals surface area (Å²) in [7, 11) is 0. The van der Waals surface area contributed by atoms with Gasteiger partial charge in [0.1, 0.15) is 0 Å². The first-order valence-corrected chi connectivity index (χ1v) is 21.6. The van der Waals surface area contributed by atoms with Gasteiger partial charge >= 0.3 is 0 Å². The minimum atomic E-state index is 1.08. The van der Waals surface area contributed by atoms with Crippen LogP contribution in [0.1, 0.15) is 0 Å². The summed E-state index contributed by atoms with van der Waals surface area (Å²) >= 11 is 0. The van der Waals surface area contributed by atoms with Crippen LogP contribution in [0.25, 0.3) is 88.4 Å². The number of benzene rings is 10. The third-order valence-corrected chi connectivity index (χ3v) is 12.5. The summed E-state index contributed by atoms with van der Waals surface area (Å²) in [6.45, 7) is 0. The van der Waals surface area contributed by atoms with Gasteiger partial charge in [0.15, 0.2) is 0 Å². The van der Waals surface area contributed by atoms with Crippen LogP contribution in [0.4, 0.5) is 17.1 Å². The molecule has 0 spiro atoms. The second kappa shape index (κ2) is 15.3. The molecule has 63 heavy (non-hydrogen) atoms. The van der Waals surface area contributed by atoms with E-state index in [1.165, 1.54) is 71.5 Å². The van der Waals surface area contributed by atoms with Gasteiger partial charge in [-0.25, -0.2) is 0 Å². The van der Waals surface area contributed by atoms with Crippen molar-refractivity contribution in [3.05, 3.63) is 249 Å². The lowest BCUT2D eigenvalue weighted by molar-refractivity contribution is 1.18. The molecule has 0 atom stereocenters. The molecule has 3 heteroatoms. The Balaban J connectivity index is 1.01. The van der Waals surface area contributed by atoms with Crippen LogP contribution in [0.15, 0.2) is 249 Å². The minimum Gasteiger partial charge on any atom is -0.310 e. The Kier molecular flexibility index (Phi) is 8.83. The van der Waals surface area contributed by atoms with E-state index in [4.69, 9.17) is 0 Å². The number of anilines is 3. The molecule has 0 unspecified atom stereocenters. The highest BCUT2D eigenvalue weighted by molar-refractivity contribution is 6.16. The van der Waals surface area contributed by atoms with Gasteiger partial charge in [-0.2, -0.15) is 0 Å². The van der Waals surface area contributed by atoms with E-state index in [1.807, 2.05) is 0 Å². The fourth-order valence-corrected chi connectivity index (χ4v) is 9.60. The molecule has 0 N–H and O–H groups in total. The molecule has 12 aromatic rings. The average Bonchev–Trinajstić information content (AvgIpc) is 3.88. The molecule has 0 amide bonds.